The van der Waals surface area contributed by atoms with E-state index in [1.807, 2.05) is 41.1 Å². The summed E-state index contributed by atoms with van der Waals surface area (Å²) >= 11 is 0. The number of nitrogens with zero attached hydrogens (tertiary/aromatic N) is 3. The van der Waals surface area contributed by atoms with Crippen LogP contribution in [0.5, 0.6) is 0 Å². The van der Waals surface area contributed by atoms with Gasteiger partial charge in [0.05, 0.1) is 24.7 Å². The van der Waals surface area contributed by atoms with E-state index in [1.54, 1.807) is 12.7 Å². The zero-order valence-corrected chi connectivity index (χ0v) is 15.0. The molecule has 0 spiro atoms. The SMILES string of the molecule is CC1OC(c2ccccc2)(C(Cn2cncn2)c2ccccc2)OC1C. The van der Waals surface area contributed by atoms with Gasteiger partial charge in [-0.25, -0.2) is 4.98 Å². The Kier molecular flexibility index (Phi) is 4.57. The fourth-order valence-electron chi connectivity index (χ4n) is 3.59. The average molecular weight is 349 g/mol. The van der Waals surface area contributed by atoms with Gasteiger partial charge in [0.2, 0.25) is 5.79 Å². The average Bonchev–Trinajstić information content (AvgIpc) is 3.30. The number of aromatic nitrogens is 3. The van der Waals surface area contributed by atoms with Gasteiger partial charge in [-0.1, -0.05) is 60.7 Å². The summed E-state index contributed by atoms with van der Waals surface area (Å²) in [5, 5.41) is 4.31. The highest BCUT2D eigenvalue weighted by Crippen LogP contribution is 2.48. The molecule has 5 nitrogen and oxygen atoms in total. The fourth-order valence-corrected chi connectivity index (χ4v) is 3.59. The van der Waals surface area contributed by atoms with Gasteiger partial charge >= 0.3 is 0 Å². The smallest absolute Gasteiger partial charge is 0.204 e. The van der Waals surface area contributed by atoms with Crippen molar-refractivity contribution in [2.24, 2.45) is 0 Å². The van der Waals surface area contributed by atoms with Crippen LogP contribution in [0.15, 0.2) is 73.3 Å². The van der Waals surface area contributed by atoms with Crippen molar-refractivity contribution in [2.75, 3.05) is 0 Å². The number of benzene rings is 2. The lowest BCUT2D eigenvalue weighted by Gasteiger charge is -2.37. The summed E-state index contributed by atoms with van der Waals surface area (Å²) in [6, 6.07) is 20.5. The van der Waals surface area contributed by atoms with Gasteiger partial charge in [-0.3, -0.25) is 4.68 Å². The number of hydrogen-bond donors (Lipinski definition) is 0. The van der Waals surface area contributed by atoms with E-state index < -0.39 is 5.79 Å². The molecule has 0 radical (unpaired) electrons. The van der Waals surface area contributed by atoms with Crippen LogP contribution in [0.1, 0.15) is 30.9 Å². The van der Waals surface area contributed by atoms with E-state index in [2.05, 4.69) is 48.2 Å². The van der Waals surface area contributed by atoms with Gasteiger partial charge in [0, 0.05) is 5.56 Å². The van der Waals surface area contributed by atoms with Crippen LogP contribution in [0, 0.1) is 0 Å². The Morgan fingerprint density at radius 1 is 0.962 bits per heavy atom. The molecule has 1 fully saturated rings. The molecule has 2 aromatic carbocycles. The lowest BCUT2D eigenvalue weighted by Crippen LogP contribution is -2.38. The second kappa shape index (κ2) is 7.02. The van der Waals surface area contributed by atoms with Crippen molar-refractivity contribution in [2.45, 2.75) is 44.3 Å². The highest BCUT2D eigenvalue weighted by Gasteiger charge is 2.51. The number of rotatable bonds is 5. The Morgan fingerprint density at radius 2 is 1.58 bits per heavy atom. The Morgan fingerprint density at radius 3 is 2.15 bits per heavy atom. The molecule has 0 N–H and O–H groups in total. The molecule has 1 aliphatic rings. The molecular formula is C21H23N3O2. The highest BCUT2D eigenvalue weighted by molar-refractivity contribution is 5.30. The lowest BCUT2D eigenvalue weighted by atomic mass is 9.85. The van der Waals surface area contributed by atoms with Crippen LogP contribution in [0.3, 0.4) is 0 Å². The lowest BCUT2D eigenvalue weighted by molar-refractivity contribution is -0.202. The van der Waals surface area contributed by atoms with Gasteiger partial charge in [0.1, 0.15) is 12.7 Å². The first-order chi connectivity index (χ1) is 12.7. The number of hydrogen-bond acceptors (Lipinski definition) is 4. The van der Waals surface area contributed by atoms with Crippen molar-refractivity contribution < 1.29 is 9.47 Å². The normalized spacial score (nSPS) is 26.7. The van der Waals surface area contributed by atoms with Crippen molar-refractivity contribution in [3.63, 3.8) is 0 Å². The first-order valence-electron chi connectivity index (χ1n) is 8.97. The summed E-state index contributed by atoms with van der Waals surface area (Å²) in [6.07, 6.45) is 3.28. The van der Waals surface area contributed by atoms with Gasteiger partial charge in [-0.2, -0.15) is 5.10 Å². The van der Waals surface area contributed by atoms with E-state index in [9.17, 15) is 0 Å². The zero-order chi connectivity index (χ0) is 18.0. The van der Waals surface area contributed by atoms with E-state index in [4.69, 9.17) is 9.47 Å². The van der Waals surface area contributed by atoms with Crippen molar-refractivity contribution in [1.82, 2.24) is 14.8 Å². The molecular weight excluding hydrogens is 326 g/mol. The van der Waals surface area contributed by atoms with E-state index in [1.165, 1.54) is 0 Å². The van der Waals surface area contributed by atoms with Crippen LogP contribution < -0.4 is 0 Å². The molecule has 3 atom stereocenters. The van der Waals surface area contributed by atoms with Gasteiger partial charge in [0.25, 0.3) is 0 Å². The Labute approximate surface area is 153 Å². The molecule has 134 valence electrons. The van der Waals surface area contributed by atoms with Crippen LogP contribution in [0.2, 0.25) is 0 Å². The standard InChI is InChI=1S/C21H23N3O2/c1-16-17(2)26-21(25-16,19-11-7-4-8-12-19)20(13-24-15-22-14-23-24)18-9-5-3-6-10-18/h3-12,14-17,20H,13H2,1-2H3. The van der Waals surface area contributed by atoms with Crippen LogP contribution in [0.25, 0.3) is 0 Å². The first kappa shape index (κ1) is 16.9. The molecule has 3 unspecified atom stereocenters. The van der Waals surface area contributed by atoms with Gasteiger partial charge in [-0.15, -0.1) is 0 Å². The third kappa shape index (κ3) is 3.04. The summed E-state index contributed by atoms with van der Waals surface area (Å²) in [6.45, 7) is 4.73. The predicted octanol–water partition coefficient (Wildman–Crippen LogP) is 3.74. The summed E-state index contributed by atoms with van der Waals surface area (Å²) in [5.41, 5.74) is 2.17. The minimum Gasteiger partial charge on any atom is -0.340 e. The second-order valence-corrected chi connectivity index (χ2v) is 6.76. The maximum Gasteiger partial charge on any atom is 0.204 e. The molecule has 3 aromatic rings. The van der Waals surface area contributed by atoms with E-state index >= 15 is 0 Å². The summed E-state index contributed by atoms with van der Waals surface area (Å²) in [7, 11) is 0. The van der Waals surface area contributed by atoms with Crippen molar-refractivity contribution in [1.29, 1.82) is 0 Å². The number of ether oxygens (including phenoxy) is 2. The second-order valence-electron chi connectivity index (χ2n) is 6.76. The van der Waals surface area contributed by atoms with Gasteiger partial charge < -0.3 is 9.47 Å². The van der Waals surface area contributed by atoms with Gasteiger partial charge in [-0.05, 0) is 19.4 Å². The van der Waals surface area contributed by atoms with Gasteiger partial charge in [0.15, 0.2) is 0 Å². The third-order valence-corrected chi connectivity index (χ3v) is 5.06. The molecule has 1 aliphatic heterocycles. The fraction of sp³-hybridized carbons (Fsp3) is 0.333. The van der Waals surface area contributed by atoms with Crippen molar-refractivity contribution >= 4 is 0 Å². The Bertz CT molecular complexity index is 811. The molecule has 1 aromatic heterocycles. The molecule has 4 rings (SSSR count). The maximum absolute atomic E-state index is 6.53. The minimum atomic E-state index is -0.868. The Balaban J connectivity index is 1.84. The van der Waals surface area contributed by atoms with E-state index in [0.717, 1.165) is 11.1 Å². The van der Waals surface area contributed by atoms with Crippen LogP contribution in [-0.4, -0.2) is 27.0 Å². The molecule has 0 aliphatic carbocycles. The van der Waals surface area contributed by atoms with Crippen LogP contribution >= 0.6 is 0 Å². The quantitative estimate of drug-likeness (QED) is 0.704. The molecule has 1 saturated heterocycles. The summed E-state index contributed by atoms with van der Waals surface area (Å²) < 4.78 is 14.9. The van der Waals surface area contributed by atoms with E-state index in [-0.39, 0.29) is 18.1 Å². The summed E-state index contributed by atoms with van der Waals surface area (Å²) in [4.78, 5) is 4.09. The third-order valence-electron chi connectivity index (χ3n) is 5.06. The van der Waals surface area contributed by atoms with E-state index in [0.29, 0.717) is 6.54 Å². The molecule has 0 amide bonds. The molecule has 5 heteroatoms. The highest BCUT2D eigenvalue weighted by atomic mass is 16.8. The largest absolute Gasteiger partial charge is 0.340 e. The maximum atomic E-state index is 6.53. The zero-order valence-electron chi connectivity index (χ0n) is 15.0. The predicted molar refractivity (Wildman–Crippen MR) is 98.4 cm³/mol. The molecule has 0 bridgehead atoms. The molecule has 0 saturated carbocycles. The molecule has 2 heterocycles. The van der Waals surface area contributed by atoms with Crippen molar-refractivity contribution in [3.05, 3.63) is 84.4 Å². The topological polar surface area (TPSA) is 49.2 Å². The molecule has 26 heavy (non-hydrogen) atoms. The van der Waals surface area contributed by atoms with Crippen LogP contribution in [0.4, 0.5) is 0 Å². The van der Waals surface area contributed by atoms with Crippen LogP contribution in [-0.2, 0) is 21.8 Å². The first-order valence-corrected chi connectivity index (χ1v) is 8.97. The summed E-state index contributed by atoms with van der Waals surface area (Å²) in [5.74, 6) is -0.937. The monoisotopic (exact) mass is 349 g/mol. The Hall–Kier alpha value is -2.50. The van der Waals surface area contributed by atoms with Crippen molar-refractivity contribution in [3.8, 4) is 0 Å². The minimum absolute atomic E-state index is 0.00263.